The van der Waals surface area contributed by atoms with Gasteiger partial charge >= 0.3 is 18.1 Å². The SMILES string of the molecule is CCC(C)C(=O)OCCOCCOC(=O)C(C)(O)C(F)(F)F. The van der Waals surface area contributed by atoms with Gasteiger partial charge in [-0.05, 0) is 13.3 Å². The van der Waals surface area contributed by atoms with Gasteiger partial charge in [0.2, 0.25) is 0 Å². The van der Waals surface area contributed by atoms with Gasteiger partial charge in [-0.15, -0.1) is 0 Å². The first kappa shape index (κ1) is 20.6. The molecule has 0 rings (SSSR count). The van der Waals surface area contributed by atoms with Crippen molar-refractivity contribution in [2.24, 2.45) is 5.92 Å². The lowest BCUT2D eigenvalue weighted by Gasteiger charge is -2.23. The van der Waals surface area contributed by atoms with Crippen LogP contribution in [0.3, 0.4) is 0 Å². The molecule has 22 heavy (non-hydrogen) atoms. The van der Waals surface area contributed by atoms with Crippen LogP contribution in [0.25, 0.3) is 0 Å². The van der Waals surface area contributed by atoms with Crippen LogP contribution in [0.15, 0.2) is 0 Å². The second-order valence-electron chi connectivity index (χ2n) is 4.80. The number of alkyl halides is 3. The molecule has 0 amide bonds. The van der Waals surface area contributed by atoms with Gasteiger partial charge < -0.3 is 19.3 Å². The summed E-state index contributed by atoms with van der Waals surface area (Å²) in [4.78, 5) is 22.4. The molecule has 0 aliphatic carbocycles. The van der Waals surface area contributed by atoms with Crippen molar-refractivity contribution < 1.29 is 42.1 Å². The molecular formula is C13H21F3O6. The Morgan fingerprint density at radius 2 is 1.59 bits per heavy atom. The molecule has 0 heterocycles. The van der Waals surface area contributed by atoms with E-state index in [2.05, 4.69) is 4.74 Å². The smallest absolute Gasteiger partial charge is 0.427 e. The van der Waals surface area contributed by atoms with Crippen molar-refractivity contribution in [1.29, 1.82) is 0 Å². The highest BCUT2D eigenvalue weighted by Gasteiger charge is 2.57. The first-order valence-electron chi connectivity index (χ1n) is 6.74. The van der Waals surface area contributed by atoms with Gasteiger partial charge in [-0.2, -0.15) is 13.2 Å². The Morgan fingerprint density at radius 1 is 1.09 bits per heavy atom. The molecule has 0 fully saturated rings. The fraction of sp³-hybridized carbons (Fsp3) is 0.846. The van der Waals surface area contributed by atoms with Crippen LogP contribution in [0.1, 0.15) is 27.2 Å². The number of aliphatic hydroxyl groups is 1. The average Bonchev–Trinajstić information content (AvgIpc) is 2.43. The third kappa shape index (κ3) is 6.61. The van der Waals surface area contributed by atoms with Crippen LogP contribution in [0.4, 0.5) is 13.2 Å². The van der Waals surface area contributed by atoms with E-state index in [0.717, 1.165) is 0 Å². The van der Waals surface area contributed by atoms with E-state index < -0.39 is 24.4 Å². The van der Waals surface area contributed by atoms with Crippen molar-refractivity contribution in [2.75, 3.05) is 26.4 Å². The number of carbonyl (C=O) groups excluding carboxylic acids is 2. The van der Waals surface area contributed by atoms with Gasteiger partial charge in [0.05, 0.1) is 19.1 Å². The number of hydrogen-bond acceptors (Lipinski definition) is 6. The monoisotopic (exact) mass is 330 g/mol. The molecule has 130 valence electrons. The highest BCUT2D eigenvalue weighted by Crippen LogP contribution is 2.30. The fourth-order valence-electron chi connectivity index (χ4n) is 1.06. The summed E-state index contributed by atoms with van der Waals surface area (Å²) in [7, 11) is 0. The van der Waals surface area contributed by atoms with Gasteiger partial charge in [-0.25, -0.2) is 4.79 Å². The first-order chi connectivity index (χ1) is 10.0. The summed E-state index contributed by atoms with van der Waals surface area (Å²) >= 11 is 0. The van der Waals surface area contributed by atoms with Crippen LogP contribution >= 0.6 is 0 Å². The zero-order valence-corrected chi connectivity index (χ0v) is 12.7. The summed E-state index contributed by atoms with van der Waals surface area (Å²) in [6, 6.07) is 0. The molecule has 0 spiro atoms. The third-order valence-electron chi connectivity index (χ3n) is 2.90. The minimum atomic E-state index is -5.12. The predicted molar refractivity (Wildman–Crippen MR) is 68.9 cm³/mol. The maximum atomic E-state index is 12.3. The van der Waals surface area contributed by atoms with Crippen LogP contribution in [-0.4, -0.2) is 55.3 Å². The molecule has 0 bridgehead atoms. The van der Waals surface area contributed by atoms with Gasteiger partial charge in [-0.1, -0.05) is 13.8 Å². The molecular weight excluding hydrogens is 309 g/mol. The summed E-state index contributed by atoms with van der Waals surface area (Å²) in [6.07, 6.45) is -4.47. The predicted octanol–water partition coefficient (Wildman–Crippen LogP) is 1.45. The first-order valence-corrected chi connectivity index (χ1v) is 6.74. The lowest BCUT2D eigenvalue weighted by atomic mass is 10.1. The van der Waals surface area contributed by atoms with Gasteiger partial charge in [0.1, 0.15) is 13.2 Å². The zero-order valence-electron chi connectivity index (χ0n) is 12.7. The zero-order chi connectivity index (χ0) is 17.4. The summed E-state index contributed by atoms with van der Waals surface area (Å²) in [5, 5.41) is 9.00. The number of rotatable bonds is 9. The van der Waals surface area contributed by atoms with Crippen molar-refractivity contribution in [3.63, 3.8) is 0 Å². The lowest BCUT2D eigenvalue weighted by molar-refractivity contribution is -0.257. The normalized spacial score (nSPS) is 15.8. The molecule has 0 saturated heterocycles. The van der Waals surface area contributed by atoms with Gasteiger partial charge in [0, 0.05) is 0 Å². The Morgan fingerprint density at radius 3 is 2.05 bits per heavy atom. The molecule has 0 aliphatic rings. The summed E-state index contributed by atoms with van der Waals surface area (Å²) < 4.78 is 51.0. The average molecular weight is 330 g/mol. The maximum Gasteiger partial charge on any atom is 0.427 e. The van der Waals surface area contributed by atoms with Crippen LogP contribution < -0.4 is 0 Å². The highest BCUT2D eigenvalue weighted by molar-refractivity contribution is 5.79. The minimum absolute atomic E-state index is 0.00259. The quantitative estimate of drug-likeness (QED) is 0.509. The van der Waals surface area contributed by atoms with Crippen LogP contribution in [0.2, 0.25) is 0 Å². The Labute approximate surface area is 126 Å². The van der Waals surface area contributed by atoms with Crippen molar-refractivity contribution in [3.8, 4) is 0 Å². The Bertz CT molecular complexity index is 367. The summed E-state index contributed by atoms with van der Waals surface area (Å²) in [6.45, 7) is 3.25. The molecule has 0 aromatic heterocycles. The Hall–Kier alpha value is -1.35. The highest BCUT2D eigenvalue weighted by atomic mass is 19.4. The minimum Gasteiger partial charge on any atom is -0.463 e. The van der Waals surface area contributed by atoms with Crippen molar-refractivity contribution in [3.05, 3.63) is 0 Å². The van der Waals surface area contributed by atoms with E-state index in [9.17, 15) is 22.8 Å². The fourth-order valence-corrected chi connectivity index (χ4v) is 1.06. The second-order valence-corrected chi connectivity index (χ2v) is 4.80. The third-order valence-corrected chi connectivity index (χ3v) is 2.90. The van der Waals surface area contributed by atoms with Gasteiger partial charge in [-0.3, -0.25) is 4.79 Å². The summed E-state index contributed by atoms with van der Waals surface area (Å²) in [5.74, 6) is -2.38. The Balaban J connectivity index is 3.79. The molecule has 9 heteroatoms. The molecule has 0 radical (unpaired) electrons. The van der Waals surface area contributed by atoms with Gasteiger partial charge in [0.15, 0.2) is 0 Å². The van der Waals surface area contributed by atoms with E-state index in [1.54, 1.807) is 6.92 Å². The van der Waals surface area contributed by atoms with E-state index in [1.807, 2.05) is 6.92 Å². The van der Waals surface area contributed by atoms with Crippen molar-refractivity contribution >= 4 is 11.9 Å². The lowest BCUT2D eigenvalue weighted by Crippen LogP contribution is -2.50. The summed E-state index contributed by atoms with van der Waals surface area (Å²) in [5.41, 5.74) is -3.56. The second kappa shape index (κ2) is 8.94. The Kier molecular flexibility index (Phi) is 8.39. The number of ether oxygens (including phenoxy) is 3. The largest absolute Gasteiger partial charge is 0.463 e. The maximum absolute atomic E-state index is 12.3. The molecule has 1 N–H and O–H groups in total. The molecule has 6 nitrogen and oxygen atoms in total. The van der Waals surface area contributed by atoms with Crippen molar-refractivity contribution in [2.45, 2.75) is 39.0 Å². The molecule has 0 saturated carbocycles. The van der Waals surface area contributed by atoms with E-state index in [1.165, 1.54) is 0 Å². The van der Waals surface area contributed by atoms with Gasteiger partial charge in [0.25, 0.3) is 5.60 Å². The van der Waals surface area contributed by atoms with E-state index in [0.29, 0.717) is 13.3 Å². The molecule has 0 aliphatic heterocycles. The molecule has 0 aromatic rings. The standard InChI is InChI=1S/C13H21F3O6/c1-4-9(2)10(17)21-7-5-20-6-8-22-11(18)12(3,19)13(14,15)16/h9,19H,4-8H2,1-3H3. The van der Waals surface area contributed by atoms with E-state index in [-0.39, 0.29) is 31.7 Å². The molecule has 2 unspecified atom stereocenters. The number of hydrogen-bond donors (Lipinski definition) is 1. The molecule has 2 atom stereocenters. The topological polar surface area (TPSA) is 82.1 Å². The van der Waals surface area contributed by atoms with E-state index in [4.69, 9.17) is 14.6 Å². The molecule has 0 aromatic carbocycles. The van der Waals surface area contributed by atoms with Crippen LogP contribution in [0.5, 0.6) is 0 Å². The number of carbonyl (C=O) groups is 2. The van der Waals surface area contributed by atoms with Crippen LogP contribution in [-0.2, 0) is 23.8 Å². The van der Waals surface area contributed by atoms with Crippen LogP contribution in [0, 0.1) is 5.92 Å². The number of halogens is 3. The van der Waals surface area contributed by atoms with Crippen molar-refractivity contribution in [1.82, 2.24) is 0 Å². The number of esters is 2. The van der Waals surface area contributed by atoms with E-state index >= 15 is 0 Å².